The van der Waals surface area contributed by atoms with E-state index in [1.165, 1.54) is 22.5 Å². The van der Waals surface area contributed by atoms with Crippen LogP contribution in [0.5, 0.6) is 0 Å². The Labute approximate surface area is 147 Å². The third-order valence-electron chi connectivity index (χ3n) is 5.13. The zero-order valence-electron chi connectivity index (χ0n) is 14.1. The van der Waals surface area contributed by atoms with Crippen LogP contribution in [0.2, 0.25) is 0 Å². The maximum Gasteiger partial charge on any atom is 0.264 e. The van der Waals surface area contributed by atoms with E-state index in [-0.39, 0.29) is 5.91 Å². The van der Waals surface area contributed by atoms with Crippen molar-refractivity contribution in [1.82, 2.24) is 9.88 Å². The highest BCUT2D eigenvalue weighted by Gasteiger charge is 2.26. The van der Waals surface area contributed by atoms with Crippen molar-refractivity contribution < 1.29 is 4.79 Å². The Morgan fingerprint density at radius 2 is 1.96 bits per heavy atom. The van der Waals surface area contributed by atoms with Crippen LogP contribution < -0.4 is 4.90 Å². The summed E-state index contributed by atoms with van der Waals surface area (Å²) in [7, 11) is 0. The first-order valence-electron chi connectivity index (χ1n) is 8.76. The monoisotopic (exact) mass is 341 g/mol. The molecule has 0 radical (unpaired) electrons. The molecule has 0 bridgehead atoms. The Hall–Kier alpha value is -1.88. The molecule has 126 valence electrons. The summed E-state index contributed by atoms with van der Waals surface area (Å²) in [6.45, 7) is 5.66. The second kappa shape index (κ2) is 6.55. The van der Waals surface area contributed by atoms with Gasteiger partial charge in [-0.05, 0) is 48.9 Å². The summed E-state index contributed by atoms with van der Waals surface area (Å²) in [4.78, 5) is 23.6. The summed E-state index contributed by atoms with van der Waals surface area (Å²) in [5, 5.41) is 0. The van der Waals surface area contributed by atoms with Crippen LogP contribution in [0.3, 0.4) is 0 Å². The van der Waals surface area contributed by atoms with Gasteiger partial charge in [-0.15, -0.1) is 11.3 Å². The van der Waals surface area contributed by atoms with Crippen molar-refractivity contribution in [2.45, 2.75) is 26.2 Å². The Bertz CT molecular complexity index is 719. The number of aryl methyl sites for hydroxylation is 1. The van der Waals surface area contributed by atoms with Crippen LogP contribution in [0.1, 0.15) is 33.5 Å². The molecule has 2 aromatic rings. The van der Waals surface area contributed by atoms with E-state index >= 15 is 0 Å². The van der Waals surface area contributed by atoms with Crippen LogP contribution in [0, 0.1) is 5.92 Å². The lowest BCUT2D eigenvalue weighted by molar-refractivity contribution is 0.0751. The van der Waals surface area contributed by atoms with E-state index in [2.05, 4.69) is 22.9 Å². The van der Waals surface area contributed by atoms with E-state index in [9.17, 15) is 4.79 Å². The number of hydrogen-bond donors (Lipinski definition) is 0. The average Bonchev–Trinajstić information content (AvgIpc) is 3.05. The molecule has 1 aliphatic heterocycles. The minimum absolute atomic E-state index is 0.219. The topological polar surface area (TPSA) is 36.4 Å². The van der Waals surface area contributed by atoms with Gasteiger partial charge in [-0.3, -0.25) is 9.78 Å². The van der Waals surface area contributed by atoms with Gasteiger partial charge in [0.05, 0.1) is 4.88 Å². The molecule has 0 aromatic carbocycles. The lowest BCUT2D eigenvalue weighted by Gasteiger charge is -2.35. The minimum atomic E-state index is 0.219. The van der Waals surface area contributed by atoms with Crippen LogP contribution in [-0.4, -0.2) is 42.0 Å². The number of rotatable bonds is 2. The van der Waals surface area contributed by atoms with E-state index in [0.717, 1.165) is 49.8 Å². The highest BCUT2D eigenvalue weighted by atomic mass is 32.1. The number of amides is 1. The number of carbonyl (C=O) groups is 1. The number of aromatic nitrogens is 1. The molecule has 1 saturated heterocycles. The highest BCUT2D eigenvalue weighted by molar-refractivity contribution is 7.14. The number of nitrogens with zero attached hydrogens (tertiary/aromatic N) is 3. The summed E-state index contributed by atoms with van der Waals surface area (Å²) in [6, 6.07) is 6.23. The van der Waals surface area contributed by atoms with Gasteiger partial charge in [-0.1, -0.05) is 6.92 Å². The van der Waals surface area contributed by atoms with Crippen LogP contribution in [0.15, 0.2) is 30.6 Å². The largest absolute Gasteiger partial charge is 0.368 e. The van der Waals surface area contributed by atoms with Crippen LogP contribution >= 0.6 is 11.3 Å². The second-order valence-electron chi connectivity index (χ2n) is 6.89. The van der Waals surface area contributed by atoms with Crippen LogP contribution in [0.4, 0.5) is 5.69 Å². The molecule has 1 atom stereocenters. The Morgan fingerprint density at radius 3 is 2.71 bits per heavy atom. The maximum absolute atomic E-state index is 12.9. The predicted octanol–water partition coefficient (Wildman–Crippen LogP) is 3.23. The van der Waals surface area contributed by atoms with Crippen molar-refractivity contribution in [3.05, 3.63) is 45.9 Å². The van der Waals surface area contributed by atoms with Crippen LogP contribution in [-0.2, 0) is 12.8 Å². The second-order valence-corrected chi connectivity index (χ2v) is 8.03. The minimum Gasteiger partial charge on any atom is -0.368 e. The van der Waals surface area contributed by atoms with E-state index in [1.54, 1.807) is 11.3 Å². The molecule has 1 aliphatic carbocycles. The van der Waals surface area contributed by atoms with E-state index < -0.39 is 0 Å². The van der Waals surface area contributed by atoms with Crippen LogP contribution in [0.25, 0.3) is 0 Å². The lowest BCUT2D eigenvalue weighted by atomic mass is 9.90. The van der Waals surface area contributed by atoms with E-state index in [4.69, 9.17) is 0 Å². The van der Waals surface area contributed by atoms with Crippen molar-refractivity contribution in [2.75, 3.05) is 31.1 Å². The smallest absolute Gasteiger partial charge is 0.264 e. The van der Waals surface area contributed by atoms with Gasteiger partial charge in [0.25, 0.3) is 5.91 Å². The number of carbonyl (C=O) groups excluding carboxylic acids is 1. The number of thiophene rings is 1. The molecule has 4 rings (SSSR count). The van der Waals surface area contributed by atoms with Gasteiger partial charge < -0.3 is 9.80 Å². The van der Waals surface area contributed by atoms with Gasteiger partial charge in [0.15, 0.2) is 0 Å². The molecule has 0 N–H and O–H groups in total. The summed E-state index contributed by atoms with van der Waals surface area (Å²) < 4.78 is 0. The van der Waals surface area contributed by atoms with Gasteiger partial charge in [0, 0.05) is 49.1 Å². The van der Waals surface area contributed by atoms with E-state index in [1.807, 2.05) is 29.4 Å². The fourth-order valence-electron chi connectivity index (χ4n) is 3.69. The van der Waals surface area contributed by atoms with E-state index in [0.29, 0.717) is 0 Å². The van der Waals surface area contributed by atoms with Gasteiger partial charge in [0.2, 0.25) is 0 Å². The zero-order chi connectivity index (χ0) is 16.5. The Morgan fingerprint density at radius 1 is 1.21 bits per heavy atom. The van der Waals surface area contributed by atoms with Crippen molar-refractivity contribution in [1.29, 1.82) is 0 Å². The summed E-state index contributed by atoms with van der Waals surface area (Å²) in [5.41, 5.74) is 2.61. The zero-order valence-corrected chi connectivity index (χ0v) is 14.9. The molecule has 0 unspecified atom stereocenters. The normalized spacial score (nSPS) is 20.8. The van der Waals surface area contributed by atoms with Crippen molar-refractivity contribution in [3.8, 4) is 0 Å². The Kier molecular flexibility index (Phi) is 4.27. The first-order chi connectivity index (χ1) is 11.7. The van der Waals surface area contributed by atoms with Gasteiger partial charge >= 0.3 is 0 Å². The number of pyridine rings is 1. The van der Waals surface area contributed by atoms with Gasteiger partial charge in [-0.2, -0.15) is 0 Å². The summed E-state index contributed by atoms with van der Waals surface area (Å²) in [5.74, 6) is 0.968. The molecule has 0 saturated carbocycles. The average molecular weight is 341 g/mol. The molecule has 2 aromatic heterocycles. The molecule has 0 spiro atoms. The molecule has 1 fully saturated rings. The van der Waals surface area contributed by atoms with Gasteiger partial charge in [0.1, 0.15) is 0 Å². The van der Waals surface area contributed by atoms with Gasteiger partial charge in [-0.25, -0.2) is 0 Å². The first kappa shape index (κ1) is 15.6. The molecular formula is C19H23N3OS. The molecular weight excluding hydrogens is 318 g/mol. The first-order valence-corrected chi connectivity index (χ1v) is 9.58. The van der Waals surface area contributed by atoms with Crippen molar-refractivity contribution in [3.63, 3.8) is 0 Å². The summed E-state index contributed by atoms with van der Waals surface area (Å²) >= 11 is 1.72. The molecule has 1 amide bonds. The molecule has 5 heteroatoms. The van der Waals surface area contributed by atoms with Crippen molar-refractivity contribution >= 4 is 22.9 Å². The quantitative estimate of drug-likeness (QED) is 0.841. The number of hydrogen-bond acceptors (Lipinski definition) is 4. The number of piperazine rings is 1. The third kappa shape index (κ3) is 3.05. The molecule has 4 nitrogen and oxygen atoms in total. The lowest BCUT2D eigenvalue weighted by Crippen LogP contribution is -2.48. The number of fused-ring (bicyclic) bond motifs is 1. The molecule has 3 heterocycles. The predicted molar refractivity (Wildman–Crippen MR) is 97.9 cm³/mol. The standard InChI is InChI=1S/C19H23N3OS/c1-14-2-3-17-15(12-14)13-18(24-17)19(23)22-10-8-21(9-11-22)16-4-6-20-7-5-16/h4-7,13-14H,2-3,8-12H2,1H3/t14-/m1/s1. The fraction of sp³-hybridized carbons (Fsp3) is 0.474. The third-order valence-corrected chi connectivity index (χ3v) is 6.36. The highest BCUT2D eigenvalue weighted by Crippen LogP contribution is 2.33. The van der Waals surface area contributed by atoms with Crippen molar-refractivity contribution in [2.24, 2.45) is 5.92 Å². The summed E-state index contributed by atoms with van der Waals surface area (Å²) in [6.07, 6.45) is 7.18. The fourth-order valence-corrected chi connectivity index (χ4v) is 4.87. The molecule has 2 aliphatic rings. The number of anilines is 1. The maximum atomic E-state index is 12.9. The molecule has 24 heavy (non-hydrogen) atoms. The SMILES string of the molecule is C[C@@H]1CCc2sc(C(=O)N3CCN(c4ccncc4)CC3)cc2C1. The Balaban J connectivity index is 1.42.